The molecule has 0 N–H and O–H groups in total. The van der Waals surface area contributed by atoms with E-state index in [1.54, 1.807) is 12.1 Å². The zero-order valence-electron chi connectivity index (χ0n) is 13.4. The van der Waals surface area contributed by atoms with Gasteiger partial charge in [0.25, 0.3) is 0 Å². The standard InChI is InChI=1S/C19H21FO2/c1-11-9-14-13(17(22)19(11,4)18(14,2)3)10-16(21)12-7-5-6-8-15(12)20/h5-8,10-11,14H,9H2,1-4H3/t11-,14+,19-/m0/s1. The summed E-state index contributed by atoms with van der Waals surface area (Å²) in [6.45, 7) is 8.32. The van der Waals surface area contributed by atoms with E-state index in [4.69, 9.17) is 0 Å². The van der Waals surface area contributed by atoms with Gasteiger partial charge < -0.3 is 0 Å². The smallest absolute Gasteiger partial charge is 0.189 e. The number of allylic oxidation sites excluding steroid dienone is 2. The van der Waals surface area contributed by atoms with E-state index in [-0.39, 0.29) is 22.7 Å². The Balaban J connectivity index is 2.03. The molecule has 2 fully saturated rings. The number of halogens is 1. The molecule has 0 spiro atoms. The zero-order valence-corrected chi connectivity index (χ0v) is 13.4. The van der Waals surface area contributed by atoms with Crippen molar-refractivity contribution in [3.05, 3.63) is 47.3 Å². The second-order valence-electron chi connectivity index (χ2n) is 7.39. The lowest BCUT2D eigenvalue weighted by atomic mass is 9.66. The van der Waals surface area contributed by atoms with Crippen molar-refractivity contribution < 1.29 is 14.0 Å². The molecule has 2 aliphatic carbocycles. The molecule has 3 atom stereocenters. The van der Waals surface area contributed by atoms with Crippen molar-refractivity contribution >= 4 is 11.6 Å². The number of rotatable bonds is 2. The second kappa shape index (κ2) is 4.61. The molecule has 0 heterocycles. The van der Waals surface area contributed by atoms with Crippen molar-refractivity contribution in [3.63, 3.8) is 0 Å². The van der Waals surface area contributed by atoms with Crippen molar-refractivity contribution in [1.82, 2.24) is 0 Å². The van der Waals surface area contributed by atoms with Crippen LogP contribution >= 0.6 is 0 Å². The molecule has 0 amide bonds. The highest BCUT2D eigenvalue weighted by Crippen LogP contribution is 2.67. The molecule has 3 rings (SSSR count). The van der Waals surface area contributed by atoms with Crippen molar-refractivity contribution in [1.29, 1.82) is 0 Å². The lowest BCUT2D eigenvalue weighted by molar-refractivity contribution is -0.128. The maximum Gasteiger partial charge on any atom is 0.189 e. The minimum absolute atomic E-state index is 0.0292. The van der Waals surface area contributed by atoms with E-state index in [2.05, 4.69) is 20.8 Å². The van der Waals surface area contributed by atoms with Gasteiger partial charge in [0.15, 0.2) is 11.6 Å². The summed E-state index contributed by atoms with van der Waals surface area (Å²) in [5, 5.41) is 0. The number of ketones is 2. The van der Waals surface area contributed by atoms with Gasteiger partial charge in [-0.3, -0.25) is 9.59 Å². The van der Waals surface area contributed by atoms with Crippen LogP contribution in [-0.2, 0) is 4.79 Å². The summed E-state index contributed by atoms with van der Waals surface area (Å²) in [6.07, 6.45) is 2.29. The van der Waals surface area contributed by atoms with Crippen LogP contribution in [0.3, 0.4) is 0 Å². The zero-order chi connectivity index (χ0) is 16.3. The molecule has 2 saturated carbocycles. The fourth-order valence-electron chi connectivity index (χ4n) is 4.42. The van der Waals surface area contributed by atoms with Gasteiger partial charge in [-0.15, -0.1) is 0 Å². The number of carbonyl (C=O) groups is 2. The van der Waals surface area contributed by atoms with Gasteiger partial charge in [-0.2, -0.15) is 0 Å². The monoisotopic (exact) mass is 300 g/mol. The molecule has 0 unspecified atom stereocenters. The maximum absolute atomic E-state index is 13.8. The predicted molar refractivity (Wildman–Crippen MR) is 83.0 cm³/mol. The second-order valence-corrected chi connectivity index (χ2v) is 7.39. The predicted octanol–water partition coefficient (Wildman–Crippen LogP) is 4.21. The van der Waals surface area contributed by atoms with Crippen molar-refractivity contribution in [3.8, 4) is 0 Å². The third-order valence-corrected chi connectivity index (χ3v) is 6.32. The van der Waals surface area contributed by atoms with Gasteiger partial charge in [0.05, 0.1) is 5.56 Å². The van der Waals surface area contributed by atoms with Gasteiger partial charge in [-0.25, -0.2) is 4.39 Å². The summed E-state index contributed by atoms with van der Waals surface area (Å²) >= 11 is 0. The molecule has 0 aromatic heterocycles. The normalized spacial score (nSPS) is 34.4. The molecular formula is C19H21FO2. The Morgan fingerprint density at radius 2 is 1.91 bits per heavy atom. The van der Waals surface area contributed by atoms with Crippen molar-refractivity contribution in [2.24, 2.45) is 22.7 Å². The molecule has 2 bridgehead atoms. The van der Waals surface area contributed by atoms with Crippen LogP contribution in [0.5, 0.6) is 0 Å². The quantitative estimate of drug-likeness (QED) is 0.606. The first-order valence-electron chi connectivity index (χ1n) is 7.76. The molecule has 1 aromatic carbocycles. The van der Waals surface area contributed by atoms with Gasteiger partial charge >= 0.3 is 0 Å². The van der Waals surface area contributed by atoms with Crippen molar-refractivity contribution in [2.75, 3.05) is 0 Å². The Hall–Kier alpha value is -1.77. The molecule has 0 radical (unpaired) electrons. The van der Waals surface area contributed by atoms with Crippen LogP contribution in [-0.4, -0.2) is 11.6 Å². The van der Waals surface area contributed by atoms with E-state index < -0.39 is 17.0 Å². The van der Waals surface area contributed by atoms with Gasteiger partial charge in [0.2, 0.25) is 0 Å². The largest absolute Gasteiger partial charge is 0.294 e. The summed E-state index contributed by atoms with van der Waals surface area (Å²) < 4.78 is 13.8. The Bertz CT molecular complexity index is 701. The Kier molecular flexibility index (Phi) is 3.17. The van der Waals surface area contributed by atoms with E-state index in [1.807, 2.05) is 6.92 Å². The Morgan fingerprint density at radius 3 is 2.45 bits per heavy atom. The molecule has 22 heavy (non-hydrogen) atoms. The summed E-state index contributed by atoms with van der Waals surface area (Å²) in [4.78, 5) is 25.2. The first-order chi connectivity index (χ1) is 10.2. The number of benzene rings is 1. The van der Waals surface area contributed by atoms with Crippen LogP contribution in [0.1, 0.15) is 44.5 Å². The molecule has 116 valence electrons. The average Bonchev–Trinajstić information content (AvgIpc) is 2.72. The summed E-state index contributed by atoms with van der Waals surface area (Å²) in [6, 6.07) is 5.90. The first kappa shape index (κ1) is 15.1. The molecule has 2 aliphatic rings. The number of hydrogen-bond donors (Lipinski definition) is 0. The van der Waals surface area contributed by atoms with Crippen LogP contribution in [0.15, 0.2) is 35.9 Å². The molecule has 1 aromatic rings. The van der Waals surface area contributed by atoms with E-state index in [0.717, 1.165) is 6.42 Å². The van der Waals surface area contributed by atoms with Crippen LogP contribution < -0.4 is 0 Å². The molecule has 0 aliphatic heterocycles. The minimum atomic E-state index is -0.543. The highest BCUT2D eigenvalue weighted by Gasteiger charge is 2.67. The third-order valence-electron chi connectivity index (χ3n) is 6.32. The SMILES string of the molecule is C[C@H]1C[C@@H]2C(=CC(=O)c3ccccc3F)C(=O)[C@@]1(C)C2(C)C. The number of fused-ring (bicyclic) bond motifs is 2. The van der Waals surface area contributed by atoms with Crippen LogP contribution in [0.2, 0.25) is 0 Å². The topological polar surface area (TPSA) is 34.1 Å². The van der Waals surface area contributed by atoms with E-state index in [0.29, 0.717) is 11.5 Å². The van der Waals surface area contributed by atoms with E-state index in [1.165, 1.54) is 18.2 Å². The highest BCUT2D eigenvalue weighted by atomic mass is 19.1. The molecule has 2 nitrogen and oxygen atoms in total. The minimum Gasteiger partial charge on any atom is -0.294 e. The number of Topliss-reactive ketones (excluding diaryl/α,β-unsaturated/α-hetero) is 1. The van der Waals surface area contributed by atoms with Crippen molar-refractivity contribution in [2.45, 2.75) is 34.1 Å². The molecule has 3 heteroatoms. The summed E-state index contributed by atoms with van der Waals surface area (Å²) in [5.41, 5.74) is 0.0181. The van der Waals surface area contributed by atoms with Gasteiger partial charge in [-0.1, -0.05) is 39.8 Å². The van der Waals surface area contributed by atoms with Gasteiger partial charge in [0, 0.05) is 11.0 Å². The highest BCUT2D eigenvalue weighted by molar-refractivity contribution is 6.13. The Labute approximate surface area is 130 Å². The average molecular weight is 300 g/mol. The molecular weight excluding hydrogens is 279 g/mol. The summed E-state index contributed by atoms with van der Waals surface area (Å²) in [5.74, 6) is -0.512. The Morgan fingerprint density at radius 1 is 1.27 bits per heavy atom. The fourth-order valence-corrected chi connectivity index (χ4v) is 4.42. The third kappa shape index (κ3) is 1.71. The number of hydrogen-bond acceptors (Lipinski definition) is 2. The van der Waals surface area contributed by atoms with Gasteiger partial charge in [0.1, 0.15) is 5.82 Å². The van der Waals surface area contributed by atoms with Crippen LogP contribution in [0.25, 0.3) is 0 Å². The van der Waals surface area contributed by atoms with E-state index >= 15 is 0 Å². The molecule has 0 saturated heterocycles. The van der Waals surface area contributed by atoms with Crippen LogP contribution in [0, 0.1) is 28.5 Å². The lowest BCUT2D eigenvalue weighted by Crippen LogP contribution is -2.37. The lowest BCUT2D eigenvalue weighted by Gasteiger charge is -2.35. The fraction of sp³-hybridized carbons (Fsp3) is 0.474. The van der Waals surface area contributed by atoms with Gasteiger partial charge in [-0.05, 0) is 41.9 Å². The first-order valence-corrected chi connectivity index (χ1v) is 7.76. The van der Waals surface area contributed by atoms with E-state index in [9.17, 15) is 14.0 Å². The maximum atomic E-state index is 13.8. The van der Waals surface area contributed by atoms with Crippen LogP contribution in [0.4, 0.5) is 4.39 Å². The number of carbonyl (C=O) groups excluding carboxylic acids is 2. The summed E-state index contributed by atoms with van der Waals surface area (Å²) in [7, 11) is 0.